The van der Waals surface area contributed by atoms with Gasteiger partial charge in [0, 0.05) is 24.7 Å². The van der Waals surface area contributed by atoms with Gasteiger partial charge in [-0.2, -0.15) is 0 Å². The van der Waals surface area contributed by atoms with Gasteiger partial charge < -0.3 is 16.0 Å². The van der Waals surface area contributed by atoms with Gasteiger partial charge in [-0.25, -0.2) is 0 Å². The Labute approximate surface area is 142 Å². The number of hydrogen-bond donors (Lipinski definition) is 2. The lowest BCUT2D eigenvalue weighted by Crippen LogP contribution is -2.46. The van der Waals surface area contributed by atoms with E-state index in [9.17, 15) is 14.4 Å². The largest absolute Gasteiger partial charge is 0.369 e. The number of amides is 3. The zero-order valence-corrected chi connectivity index (χ0v) is 14.5. The van der Waals surface area contributed by atoms with Crippen LogP contribution in [0.2, 0.25) is 0 Å². The van der Waals surface area contributed by atoms with Crippen LogP contribution in [-0.2, 0) is 19.8 Å². The summed E-state index contributed by atoms with van der Waals surface area (Å²) in [6.07, 6.45) is 1.02. The van der Waals surface area contributed by atoms with E-state index in [-0.39, 0.29) is 17.2 Å². The molecule has 0 aliphatic carbocycles. The monoisotopic (exact) mass is 331 g/mol. The van der Waals surface area contributed by atoms with Crippen LogP contribution in [0.5, 0.6) is 0 Å². The van der Waals surface area contributed by atoms with Crippen molar-refractivity contribution < 1.29 is 14.4 Å². The standard InChI is InChI=1S/C18H25N3O3/c1-18(2,3)13-4-6-14(7-5-13)20-16(23)17(24)21-10-8-12(9-11-21)15(19)22/h4-7,12H,8-11H2,1-3H3,(H2,19,22)(H,20,23). The molecule has 0 atom stereocenters. The van der Waals surface area contributed by atoms with Crippen molar-refractivity contribution in [3.8, 4) is 0 Å². The zero-order chi connectivity index (χ0) is 17.9. The Morgan fingerprint density at radius 3 is 2.08 bits per heavy atom. The van der Waals surface area contributed by atoms with Gasteiger partial charge in [-0.1, -0.05) is 32.9 Å². The number of primary amides is 1. The number of anilines is 1. The van der Waals surface area contributed by atoms with Crippen LogP contribution in [0.4, 0.5) is 5.69 Å². The molecular weight excluding hydrogens is 306 g/mol. The van der Waals surface area contributed by atoms with Crippen molar-refractivity contribution in [1.82, 2.24) is 4.90 Å². The first-order chi connectivity index (χ1) is 11.2. The number of rotatable bonds is 2. The second kappa shape index (κ2) is 7.03. The Kier molecular flexibility index (Phi) is 5.26. The number of carbonyl (C=O) groups excluding carboxylic acids is 3. The van der Waals surface area contributed by atoms with Gasteiger partial charge in [0.25, 0.3) is 0 Å². The molecule has 1 aliphatic heterocycles. The first-order valence-corrected chi connectivity index (χ1v) is 8.18. The molecule has 1 aliphatic rings. The van der Waals surface area contributed by atoms with Gasteiger partial charge in [0.05, 0.1) is 0 Å². The number of hydrogen-bond acceptors (Lipinski definition) is 3. The molecule has 6 nitrogen and oxygen atoms in total. The summed E-state index contributed by atoms with van der Waals surface area (Å²) < 4.78 is 0. The van der Waals surface area contributed by atoms with Crippen LogP contribution in [0.3, 0.4) is 0 Å². The lowest BCUT2D eigenvalue weighted by molar-refractivity contribution is -0.144. The number of carbonyl (C=O) groups is 3. The fourth-order valence-electron chi connectivity index (χ4n) is 2.75. The van der Waals surface area contributed by atoms with E-state index in [2.05, 4.69) is 26.1 Å². The molecule has 24 heavy (non-hydrogen) atoms. The van der Waals surface area contributed by atoms with E-state index in [1.54, 1.807) is 12.1 Å². The van der Waals surface area contributed by atoms with Crippen molar-refractivity contribution in [3.05, 3.63) is 29.8 Å². The van der Waals surface area contributed by atoms with Gasteiger partial charge in [0.1, 0.15) is 0 Å². The van der Waals surface area contributed by atoms with E-state index >= 15 is 0 Å². The second-order valence-corrected chi connectivity index (χ2v) is 7.25. The summed E-state index contributed by atoms with van der Waals surface area (Å²) in [6, 6.07) is 7.48. The molecule has 0 spiro atoms. The Morgan fingerprint density at radius 2 is 1.62 bits per heavy atom. The summed E-state index contributed by atoms with van der Waals surface area (Å²) in [4.78, 5) is 36.9. The molecule has 0 aromatic heterocycles. The third-order valence-corrected chi connectivity index (χ3v) is 4.39. The van der Waals surface area contributed by atoms with Crippen LogP contribution in [0.1, 0.15) is 39.2 Å². The summed E-state index contributed by atoms with van der Waals surface area (Å²) in [5.41, 5.74) is 7.05. The predicted octanol–water partition coefficient (Wildman–Crippen LogP) is 1.65. The highest BCUT2D eigenvalue weighted by Crippen LogP contribution is 2.23. The molecule has 3 amide bonds. The van der Waals surface area contributed by atoms with Gasteiger partial charge in [0.2, 0.25) is 5.91 Å². The maximum Gasteiger partial charge on any atom is 0.313 e. The molecule has 3 N–H and O–H groups in total. The molecule has 0 radical (unpaired) electrons. The van der Waals surface area contributed by atoms with E-state index in [4.69, 9.17) is 5.73 Å². The van der Waals surface area contributed by atoms with Crippen LogP contribution in [-0.4, -0.2) is 35.7 Å². The van der Waals surface area contributed by atoms with Crippen LogP contribution in [0, 0.1) is 5.92 Å². The molecule has 1 fully saturated rings. The number of likely N-dealkylation sites (tertiary alicyclic amines) is 1. The molecule has 1 heterocycles. The summed E-state index contributed by atoms with van der Waals surface area (Å²) in [7, 11) is 0. The van der Waals surface area contributed by atoms with Crippen LogP contribution in [0.25, 0.3) is 0 Å². The molecule has 1 aromatic rings. The highest BCUT2D eigenvalue weighted by atomic mass is 16.2. The minimum atomic E-state index is -0.656. The molecular formula is C18H25N3O3. The summed E-state index contributed by atoms with van der Waals surface area (Å²) in [5, 5.41) is 2.63. The number of piperidine rings is 1. The van der Waals surface area contributed by atoms with Gasteiger partial charge in [0.15, 0.2) is 0 Å². The fourth-order valence-corrected chi connectivity index (χ4v) is 2.75. The Hall–Kier alpha value is -2.37. The normalized spacial score (nSPS) is 15.9. The van der Waals surface area contributed by atoms with Gasteiger partial charge in [-0.3, -0.25) is 14.4 Å². The summed E-state index contributed by atoms with van der Waals surface area (Å²) >= 11 is 0. The van der Waals surface area contributed by atoms with Crippen LogP contribution in [0.15, 0.2) is 24.3 Å². The van der Waals surface area contributed by atoms with Crippen molar-refractivity contribution >= 4 is 23.4 Å². The third kappa shape index (κ3) is 4.34. The minimum absolute atomic E-state index is 0.0309. The highest BCUT2D eigenvalue weighted by Gasteiger charge is 2.29. The fraction of sp³-hybridized carbons (Fsp3) is 0.500. The Morgan fingerprint density at radius 1 is 1.08 bits per heavy atom. The average molecular weight is 331 g/mol. The maximum absolute atomic E-state index is 12.2. The summed E-state index contributed by atoms with van der Waals surface area (Å²) in [6.45, 7) is 7.09. The van der Waals surface area contributed by atoms with E-state index in [0.717, 1.165) is 5.56 Å². The van der Waals surface area contributed by atoms with Crippen LogP contribution < -0.4 is 11.1 Å². The van der Waals surface area contributed by atoms with E-state index in [1.807, 2.05) is 12.1 Å². The summed E-state index contributed by atoms with van der Waals surface area (Å²) in [5.74, 6) is -1.78. The quantitative estimate of drug-likeness (QED) is 0.807. The zero-order valence-electron chi connectivity index (χ0n) is 14.5. The lowest BCUT2D eigenvalue weighted by Gasteiger charge is -2.30. The number of nitrogens with zero attached hydrogens (tertiary/aromatic N) is 1. The Bertz CT molecular complexity index is 624. The van der Waals surface area contributed by atoms with Crippen molar-refractivity contribution in [2.45, 2.75) is 39.0 Å². The van der Waals surface area contributed by atoms with Gasteiger partial charge in [-0.15, -0.1) is 0 Å². The average Bonchev–Trinajstić information content (AvgIpc) is 2.54. The van der Waals surface area contributed by atoms with Crippen molar-refractivity contribution in [2.24, 2.45) is 11.7 Å². The lowest BCUT2D eigenvalue weighted by atomic mass is 9.87. The van der Waals surface area contributed by atoms with E-state index < -0.39 is 11.8 Å². The topological polar surface area (TPSA) is 92.5 Å². The van der Waals surface area contributed by atoms with Crippen LogP contribution >= 0.6 is 0 Å². The first-order valence-electron chi connectivity index (χ1n) is 8.18. The van der Waals surface area contributed by atoms with E-state index in [0.29, 0.717) is 31.6 Å². The number of benzene rings is 1. The SMILES string of the molecule is CC(C)(C)c1ccc(NC(=O)C(=O)N2CCC(C(N)=O)CC2)cc1. The number of nitrogens with one attached hydrogen (secondary N) is 1. The molecule has 0 saturated carbocycles. The molecule has 1 aromatic carbocycles. The molecule has 1 saturated heterocycles. The third-order valence-electron chi connectivity index (χ3n) is 4.39. The minimum Gasteiger partial charge on any atom is -0.369 e. The highest BCUT2D eigenvalue weighted by molar-refractivity contribution is 6.39. The first kappa shape index (κ1) is 18.0. The van der Waals surface area contributed by atoms with Crippen molar-refractivity contribution in [1.29, 1.82) is 0 Å². The van der Waals surface area contributed by atoms with Crippen molar-refractivity contribution in [2.75, 3.05) is 18.4 Å². The molecule has 6 heteroatoms. The molecule has 130 valence electrons. The number of nitrogens with two attached hydrogens (primary N) is 1. The predicted molar refractivity (Wildman–Crippen MR) is 92.3 cm³/mol. The molecule has 2 rings (SSSR count). The van der Waals surface area contributed by atoms with Gasteiger partial charge in [-0.05, 0) is 36.0 Å². The molecule has 0 bridgehead atoms. The Balaban J connectivity index is 1.92. The van der Waals surface area contributed by atoms with E-state index in [1.165, 1.54) is 4.90 Å². The van der Waals surface area contributed by atoms with Gasteiger partial charge >= 0.3 is 11.8 Å². The second-order valence-electron chi connectivity index (χ2n) is 7.25. The maximum atomic E-state index is 12.2. The van der Waals surface area contributed by atoms with Crippen molar-refractivity contribution in [3.63, 3.8) is 0 Å². The smallest absolute Gasteiger partial charge is 0.313 e. The molecule has 0 unspecified atom stereocenters.